The van der Waals surface area contributed by atoms with Crippen LogP contribution in [0.25, 0.3) is 0 Å². The molecule has 0 saturated carbocycles. The highest BCUT2D eigenvalue weighted by atomic mass is 19.1. The number of carbonyl (C=O) groups excluding carboxylic acids is 1. The van der Waals surface area contributed by atoms with Crippen LogP contribution >= 0.6 is 0 Å². The molecule has 2 aromatic rings. The van der Waals surface area contributed by atoms with Crippen molar-refractivity contribution >= 4 is 17.6 Å². The van der Waals surface area contributed by atoms with Crippen molar-refractivity contribution in [1.29, 1.82) is 0 Å². The number of hydrogen-bond acceptors (Lipinski definition) is 5. The van der Waals surface area contributed by atoms with Crippen LogP contribution in [0.3, 0.4) is 0 Å². The summed E-state index contributed by atoms with van der Waals surface area (Å²) < 4.78 is 17.9. The summed E-state index contributed by atoms with van der Waals surface area (Å²) in [5.74, 6) is -0.946. The molecule has 124 valence electrons. The molecular formula is C17H17FN4O2. The zero-order chi connectivity index (χ0) is 16.9. The molecule has 0 spiro atoms. The Labute approximate surface area is 138 Å². The van der Waals surface area contributed by atoms with Crippen LogP contribution in [-0.4, -0.2) is 29.6 Å². The van der Waals surface area contributed by atoms with E-state index in [9.17, 15) is 9.18 Å². The number of rotatable bonds is 5. The van der Waals surface area contributed by atoms with Crippen LogP contribution in [0.2, 0.25) is 0 Å². The number of benzene rings is 1. The van der Waals surface area contributed by atoms with E-state index in [1.807, 2.05) is 24.3 Å². The summed E-state index contributed by atoms with van der Waals surface area (Å²) in [7, 11) is 0. The number of nitrogens with zero attached hydrogens (tertiary/aromatic N) is 2. The van der Waals surface area contributed by atoms with Gasteiger partial charge in [0.2, 0.25) is 5.95 Å². The quantitative estimate of drug-likeness (QED) is 0.823. The SMILES string of the molecule is NC1=N[C@@H](CCc2ccc(NC(=O)c3ccc(F)nc3)cc2)CO1. The molecule has 1 amide bonds. The summed E-state index contributed by atoms with van der Waals surface area (Å²) >= 11 is 0. The second-order valence-corrected chi connectivity index (χ2v) is 5.49. The van der Waals surface area contributed by atoms with Crippen LogP contribution < -0.4 is 11.1 Å². The predicted molar refractivity (Wildman–Crippen MR) is 88.3 cm³/mol. The normalized spacial score (nSPS) is 16.4. The molecule has 0 bridgehead atoms. The zero-order valence-corrected chi connectivity index (χ0v) is 12.9. The minimum atomic E-state index is -0.616. The molecular weight excluding hydrogens is 311 g/mol. The number of halogens is 1. The largest absolute Gasteiger partial charge is 0.463 e. The lowest BCUT2D eigenvalue weighted by molar-refractivity contribution is 0.102. The molecule has 3 N–H and O–H groups in total. The van der Waals surface area contributed by atoms with Crippen molar-refractivity contribution in [3.63, 3.8) is 0 Å². The van der Waals surface area contributed by atoms with E-state index in [0.29, 0.717) is 17.9 Å². The highest BCUT2D eigenvalue weighted by Gasteiger charge is 2.16. The molecule has 1 atom stereocenters. The van der Waals surface area contributed by atoms with Gasteiger partial charge in [-0.1, -0.05) is 12.1 Å². The second kappa shape index (κ2) is 7.08. The summed E-state index contributed by atoms with van der Waals surface area (Å²) in [6.07, 6.45) is 2.91. The fourth-order valence-electron chi connectivity index (χ4n) is 2.39. The number of aromatic nitrogens is 1. The molecule has 1 aliphatic rings. The van der Waals surface area contributed by atoms with Gasteiger partial charge >= 0.3 is 0 Å². The Bertz CT molecular complexity index is 744. The zero-order valence-electron chi connectivity index (χ0n) is 12.9. The third kappa shape index (κ3) is 4.07. The van der Waals surface area contributed by atoms with Gasteiger partial charge in [0.25, 0.3) is 11.9 Å². The number of carbonyl (C=O) groups is 1. The van der Waals surface area contributed by atoms with Crippen LogP contribution in [0.4, 0.5) is 10.1 Å². The maximum atomic E-state index is 12.8. The Morgan fingerprint density at radius 2 is 2.08 bits per heavy atom. The first-order chi connectivity index (χ1) is 11.6. The van der Waals surface area contributed by atoms with Crippen LogP contribution in [0.5, 0.6) is 0 Å². The third-order valence-corrected chi connectivity index (χ3v) is 3.70. The minimum absolute atomic E-state index is 0.107. The summed E-state index contributed by atoms with van der Waals surface area (Å²) in [6.45, 7) is 0.533. The molecule has 24 heavy (non-hydrogen) atoms. The Morgan fingerprint density at radius 3 is 2.71 bits per heavy atom. The average molecular weight is 328 g/mol. The van der Waals surface area contributed by atoms with Crippen molar-refractivity contribution in [2.75, 3.05) is 11.9 Å². The number of nitrogens with one attached hydrogen (secondary N) is 1. The van der Waals surface area contributed by atoms with E-state index in [0.717, 1.165) is 24.5 Å². The molecule has 1 aromatic heterocycles. The van der Waals surface area contributed by atoms with Gasteiger partial charge in [-0.2, -0.15) is 4.39 Å². The second-order valence-electron chi connectivity index (χ2n) is 5.49. The highest BCUT2D eigenvalue weighted by molar-refractivity contribution is 6.04. The lowest BCUT2D eigenvalue weighted by atomic mass is 10.1. The number of aryl methyl sites for hydroxylation is 1. The Balaban J connectivity index is 1.54. The van der Waals surface area contributed by atoms with Gasteiger partial charge in [-0.25, -0.2) is 9.98 Å². The van der Waals surface area contributed by atoms with E-state index in [-0.39, 0.29) is 18.0 Å². The summed E-state index contributed by atoms with van der Waals surface area (Å²) in [4.78, 5) is 19.7. The number of aliphatic imine (C=N–C) groups is 1. The summed E-state index contributed by atoms with van der Waals surface area (Å²) in [5.41, 5.74) is 7.58. The third-order valence-electron chi connectivity index (χ3n) is 3.70. The number of pyridine rings is 1. The first-order valence-corrected chi connectivity index (χ1v) is 7.58. The van der Waals surface area contributed by atoms with Gasteiger partial charge in [-0.05, 0) is 42.7 Å². The van der Waals surface area contributed by atoms with Crippen LogP contribution in [-0.2, 0) is 11.2 Å². The molecule has 3 rings (SSSR count). The van der Waals surface area contributed by atoms with Crippen LogP contribution in [0.1, 0.15) is 22.3 Å². The van der Waals surface area contributed by atoms with Crippen molar-refractivity contribution in [2.24, 2.45) is 10.7 Å². The monoisotopic (exact) mass is 328 g/mol. The molecule has 0 unspecified atom stereocenters. The molecule has 0 saturated heterocycles. The average Bonchev–Trinajstić information content (AvgIpc) is 3.00. The van der Waals surface area contributed by atoms with Crippen molar-refractivity contribution in [2.45, 2.75) is 18.9 Å². The lowest BCUT2D eigenvalue weighted by Gasteiger charge is -2.08. The first kappa shape index (κ1) is 15.9. The van der Waals surface area contributed by atoms with Crippen molar-refractivity contribution in [3.05, 3.63) is 59.7 Å². The number of anilines is 1. The minimum Gasteiger partial charge on any atom is -0.463 e. The summed E-state index contributed by atoms with van der Waals surface area (Å²) in [6, 6.07) is 10.5. The molecule has 2 heterocycles. The topological polar surface area (TPSA) is 89.6 Å². The van der Waals surface area contributed by atoms with Gasteiger partial charge in [0.05, 0.1) is 11.6 Å². The number of amides is 1. The fourth-order valence-corrected chi connectivity index (χ4v) is 2.39. The van der Waals surface area contributed by atoms with E-state index < -0.39 is 5.95 Å². The van der Waals surface area contributed by atoms with Crippen LogP contribution in [0, 0.1) is 5.95 Å². The van der Waals surface area contributed by atoms with Crippen molar-refractivity contribution in [1.82, 2.24) is 4.98 Å². The lowest BCUT2D eigenvalue weighted by Crippen LogP contribution is -2.12. The van der Waals surface area contributed by atoms with Gasteiger partial charge < -0.3 is 15.8 Å². The van der Waals surface area contributed by atoms with E-state index in [1.54, 1.807) is 0 Å². The molecule has 6 nitrogen and oxygen atoms in total. The van der Waals surface area contributed by atoms with E-state index in [1.165, 1.54) is 12.3 Å². The van der Waals surface area contributed by atoms with Gasteiger partial charge in [0, 0.05) is 11.9 Å². The smallest absolute Gasteiger partial charge is 0.282 e. The van der Waals surface area contributed by atoms with E-state index in [4.69, 9.17) is 10.5 Å². The standard InChI is InChI=1S/C17H17FN4O2/c18-15-8-4-12(9-20-15)16(23)21-13-5-1-11(2-6-13)3-7-14-10-24-17(19)22-14/h1-2,4-6,8-9,14H,3,7,10H2,(H2,19,22)(H,21,23)/t14-/m0/s1. The maximum absolute atomic E-state index is 12.8. The molecule has 0 aliphatic carbocycles. The van der Waals surface area contributed by atoms with Gasteiger partial charge in [-0.3, -0.25) is 4.79 Å². The highest BCUT2D eigenvalue weighted by Crippen LogP contribution is 2.15. The van der Waals surface area contributed by atoms with Gasteiger partial charge in [0.1, 0.15) is 6.61 Å². The molecule has 0 fully saturated rings. The molecule has 1 aromatic carbocycles. The molecule has 7 heteroatoms. The van der Waals surface area contributed by atoms with Gasteiger partial charge in [0.15, 0.2) is 0 Å². The molecule has 0 radical (unpaired) electrons. The Morgan fingerprint density at radius 1 is 1.29 bits per heavy atom. The Kier molecular flexibility index (Phi) is 4.69. The van der Waals surface area contributed by atoms with Crippen LogP contribution in [0.15, 0.2) is 47.6 Å². The maximum Gasteiger partial charge on any atom is 0.282 e. The predicted octanol–water partition coefficient (Wildman–Crippen LogP) is 2.12. The summed E-state index contributed by atoms with van der Waals surface area (Å²) in [5, 5.41) is 2.75. The fraction of sp³-hybridized carbons (Fsp3) is 0.235. The Hall–Kier alpha value is -2.96. The molecule has 1 aliphatic heterocycles. The van der Waals surface area contributed by atoms with Crippen molar-refractivity contribution in [3.8, 4) is 0 Å². The number of nitrogens with two attached hydrogens (primary N) is 1. The van der Waals surface area contributed by atoms with E-state index in [2.05, 4.69) is 15.3 Å². The first-order valence-electron chi connectivity index (χ1n) is 7.58. The number of amidine groups is 1. The number of ether oxygens (including phenoxy) is 1. The number of hydrogen-bond donors (Lipinski definition) is 2. The van der Waals surface area contributed by atoms with Crippen molar-refractivity contribution < 1.29 is 13.9 Å². The van der Waals surface area contributed by atoms with E-state index >= 15 is 0 Å². The van der Waals surface area contributed by atoms with Gasteiger partial charge in [-0.15, -0.1) is 0 Å².